The Kier molecular flexibility index (Phi) is 3.29. The summed E-state index contributed by atoms with van der Waals surface area (Å²) in [6.45, 7) is 1.58. The van der Waals surface area contributed by atoms with Gasteiger partial charge in [0.2, 0.25) is 0 Å². The van der Waals surface area contributed by atoms with E-state index in [1.54, 1.807) is 6.92 Å². The van der Waals surface area contributed by atoms with Crippen LogP contribution in [0.15, 0.2) is 18.2 Å². The number of benzene rings is 1. The van der Waals surface area contributed by atoms with E-state index in [9.17, 15) is 14.3 Å². The molecule has 0 saturated carbocycles. The molecule has 0 bridgehead atoms. The molecule has 4 heteroatoms. The SMILES string of the molecule is C#CC(C)NC(=O)c1c(O)cccc1F. The molecule has 0 aliphatic rings. The number of hydrogen-bond donors (Lipinski definition) is 2. The Labute approximate surface area is 86.9 Å². The smallest absolute Gasteiger partial charge is 0.259 e. The van der Waals surface area contributed by atoms with Gasteiger partial charge in [-0.25, -0.2) is 4.39 Å². The summed E-state index contributed by atoms with van der Waals surface area (Å²) in [4.78, 5) is 11.4. The van der Waals surface area contributed by atoms with E-state index in [0.29, 0.717) is 0 Å². The van der Waals surface area contributed by atoms with Crippen molar-refractivity contribution in [3.8, 4) is 18.1 Å². The minimum Gasteiger partial charge on any atom is -0.507 e. The highest BCUT2D eigenvalue weighted by molar-refractivity contribution is 5.97. The van der Waals surface area contributed by atoms with Crippen LogP contribution in [-0.4, -0.2) is 17.1 Å². The predicted octanol–water partition coefficient (Wildman–Crippen LogP) is 1.28. The molecule has 1 atom stereocenters. The van der Waals surface area contributed by atoms with E-state index in [1.165, 1.54) is 12.1 Å². The van der Waals surface area contributed by atoms with Crippen molar-refractivity contribution in [1.82, 2.24) is 5.32 Å². The molecule has 1 amide bonds. The zero-order valence-corrected chi connectivity index (χ0v) is 8.12. The third kappa shape index (κ3) is 2.47. The molecule has 78 valence electrons. The zero-order chi connectivity index (χ0) is 11.4. The van der Waals surface area contributed by atoms with Crippen LogP contribution in [0.25, 0.3) is 0 Å². The van der Waals surface area contributed by atoms with Crippen molar-refractivity contribution in [2.75, 3.05) is 0 Å². The summed E-state index contributed by atoms with van der Waals surface area (Å²) in [5.41, 5.74) is -0.389. The first-order valence-electron chi connectivity index (χ1n) is 4.30. The van der Waals surface area contributed by atoms with Crippen molar-refractivity contribution < 1.29 is 14.3 Å². The van der Waals surface area contributed by atoms with Crippen LogP contribution in [0.2, 0.25) is 0 Å². The van der Waals surface area contributed by atoms with Gasteiger partial charge >= 0.3 is 0 Å². The number of halogens is 1. The minimum atomic E-state index is -0.781. The van der Waals surface area contributed by atoms with Gasteiger partial charge in [0, 0.05) is 0 Å². The first-order chi connectivity index (χ1) is 7.06. The first kappa shape index (κ1) is 11.1. The van der Waals surface area contributed by atoms with Gasteiger partial charge in [-0.05, 0) is 19.1 Å². The summed E-state index contributed by atoms with van der Waals surface area (Å²) < 4.78 is 13.2. The molecule has 1 aromatic carbocycles. The van der Waals surface area contributed by atoms with Crippen LogP contribution in [-0.2, 0) is 0 Å². The molecule has 0 fully saturated rings. The molecule has 0 spiro atoms. The van der Waals surface area contributed by atoms with Crippen LogP contribution in [0.1, 0.15) is 17.3 Å². The summed E-state index contributed by atoms with van der Waals surface area (Å²) in [6.07, 6.45) is 5.05. The van der Waals surface area contributed by atoms with Crippen LogP contribution < -0.4 is 5.32 Å². The van der Waals surface area contributed by atoms with E-state index in [2.05, 4.69) is 11.2 Å². The normalized spacial score (nSPS) is 11.5. The summed E-state index contributed by atoms with van der Waals surface area (Å²) >= 11 is 0. The van der Waals surface area contributed by atoms with E-state index in [4.69, 9.17) is 6.42 Å². The second-order valence-corrected chi connectivity index (χ2v) is 3.00. The van der Waals surface area contributed by atoms with Gasteiger partial charge in [0.25, 0.3) is 5.91 Å². The highest BCUT2D eigenvalue weighted by Crippen LogP contribution is 2.19. The number of rotatable bonds is 2. The Morgan fingerprint density at radius 1 is 1.67 bits per heavy atom. The highest BCUT2D eigenvalue weighted by Gasteiger charge is 2.17. The third-order valence-electron chi connectivity index (χ3n) is 1.82. The van der Waals surface area contributed by atoms with E-state index < -0.39 is 23.5 Å². The number of phenols is 1. The Balaban J connectivity index is 2.97. The van der Waals surface area contributed by atoms with Crippen LogP contribution in [0.4, 0.5) is 4.39 Å². The molecule has 1 unspecified atom stereocenters. The van der Waals surface area contributed by atoms with Crippen molar-refractivity contribution in [3.05, 3.63) is 29.6 Å². The van der Waals surface area contributed by atoms with Crippen molar-refractivity contribution in [3.63, 3.8) is 0 Å². The second-order valence-electron chi connectivity index (χ2n) is 3.00. The van der Waals surface area contributed by atoms with E-state index >= 15 is 0 Å². The van der Waals surface area contributed by atoms with Gasteiger partial charge in [0.15, 0.2) is 0 Å². The Bertz CT molecular complexity index is 403. The number of nitrogens with one attached hydrogen (secondary N) is 1. The van der Waals surface area contributed by atoms with E-state index in [-0.39, 0.29) is 5.56 Å². The second kappa shape index (κ2) is 4.47. The predicted molar refractivity (Wildman–Crippen MR) is 53.8 cm³/mol. The third-order valence-corrected chi connectivity index (χ3v) is 1.82. The van der Waals surface area contributed by atoms with Gasteiger partial charge in [0.05, 0.1) is 6.04 Å². The van der Waals surface area contributed by atoms with E-state index in [0.717, 1.165) is 6.07 Å². The Morgan fingerprint density at radius 2 is 2.33 bits per heavy atom. The van der Waals surface area contributed by atoms with Crippen molar-refractivity contribution in [2.45, 2.75) is 13.0 Å². The van der Waals surface area contributed by atoms with Gasteiger partial charge in [-0.1, -0.05) is 12.0 Å². The highest BCUT2D eigenvalue weighted by atomic mass is 19.1. The summed E-state index contributed by atoms with van der Waals surface area (Å²) in [6, 6.07) is 3.12. The van der Waals surface area contributed by atoms with Crippen LogP contribution in [0, 0.1) is 18.2 Å². The molecule has 15 heavy (non-hydrogen) atoms. The number of aromatic hydroxyl groups is 1. The quantitative estimate of drug-likeness (QED) is 0.718. The molecule has 0 aliphatic carbocycles. The van der Waals surface area contributed by atoms with Gasteiger partial charge in [-0.2, -0.15) is 0 Å². The van der Waals surface area contributed by atoms with E-state index in [1.807, 2.05) is 0 Å². The zero-order valence-electron chi connectivity index (χ0n) is 8.12. The largest absolute Gasteiger partial charge is 0.507 e. The summed E-state index contributed by atoms with van der Waals surface area (Å²) in [5, 5.41) is 11.6. The van der Waals surface area contributed by atoms with Gasteiger partial charge < -0.3 is 10.4 Å². The lowest BCUT2D eigenvalue weighted by atomic mass is 10.1. The number of amides is 1. The monoisotopic (exact) mass is 207 g/mol. The molecule has 1 aromatic rings. The number of carbonyl (C=O) groups excluding carboxylic acids is 1. The fraction of sp³-hybridized carbons (Fsp3) is 0.182. The Morgan fingerprint density at radius 3 is 2.87 bits per heavy atom. The number of terminal acetylenes is 1. The lowest BCUT2D eigenvalue weighted by molar-refractivity contribution is 0.0941. The standard InChI is InChI=1S/C11H10FNO2/c1-3-7(2)13-11(15)10-8(12)5-4-6-9(10)14/h1,4-7,14H,2H3,(H,13,15). The fourth-order valence-corrected chi connectivity index (χ4v) is 1.05. The van der Waals surface area contributed by atoms with Gasteiger partial charge in [-0.15, -0.1) is 6.42 Å². The van der Waals surface area contributed by atoms with Crippen molar-refractivity contribution >= 4 is 5.91 Å². The average molecular weight is 207 g/mol. The van der Waals surface area contributed by atoms with Crippen LogP contribution in [0.3, 0.4) is 0 Å². The fourth-order valence-electron chi connectivity index (χ4n) is 1.05. The maximum Gasteiger partial charge on any atom is 0.259 e. The molecule has 2 N–H and O–H groups in total. The molecule has 0 aliphatic heterocycles. The van der Waals surface area contributed by atoms with Gasteiger partial charge in [0.1, 0.15) is 17.1 Å². The molecule has 1 rings (SSSR count). The van der Waals surface area contributed by atoms with Crippen LogP contribution in [0.5, 0.6) is 5.75 Å². The number of carbonyl (C=O) groups is 1. The topological polar surface area (TPSA) is 49.3 Å². The summed E-state index contributed by atoms with van der Waals surface area (Å²) in [5.74, 6) is 0.356. The average Bonchev–Trinajstić information content (AvgIpc) is 2.17. The molecule has 0 heterocycles. The van der Waals surface area contributed by atoms with Gasteiger partial charge in [-0.3, -0.25) is 4.79 Å². The maximum absolute atomic E-state index is 13.2. The van der Waals surface area contributed by atoms with Crippen molar-refractivity contribution in [1.29, 1.82) is 0 Å². The number of phenolic OH excluding ortho intramolecular Hbond substituents is 1. The molecule has 0 radical (unpaired) electrons. The molecular weight excluding hydrogens is 197 g/mol. The lowest BCUT2D eigenvalue weighted by Gasteiger charge is -2.09. The molecular formula is C11H10FNO2. The Hall–Kier alpha value is -2.02. The maximum atomic E-state index is 13.2. The molecule has 0 aromatic heterocycles. The molecule has 0 saturated heterocycles. The lowest BCUT2D eigenvalue weighted by Crippen LogP contribution is -2.31. The molecule has 3 nitrogen and oxygen atoms in total. The van der Waals surface area contributed by atoms with Crippen LogP contribution >= 0.6 is 0 Å². The van der Waals surface area contributed by atoms with Crippen molar-refractivity contribution in [2.24, 2.45) is 0 Å². The minimum absolute atomic E-state index is 0.389. The number of hydrogen-bond acceptors (Lipinski definition) is 2. The first-order valence-corrected chi connectivity index (χ1v) is 4.30. The summed E-state index contributed by atoms with van der Waals surface area (Å²) in [7, 11) is 0.